The van der Waals surface area contributed by atoms with Crippen molar-refractivity contribution in [1.29, 1.82) is 0 Å². The van der Waals surface area contributed by atoms with Crippen molar-refractivity contribution in [3.63, 3.8) is 0 Å². The Balaban J connectivity index is 2.29. The second-order valence-electron chi connectivity index (χ2n) is 4.58. The lowest BCUT2D eigenvalue weighted by Gasteiger charge is -2.19. The van der Waals surface area contributed by atoms with Gasteiger partial charge in [-0.05, 0) is 31.2 Å². The predicted octanol–water partition coefficient (Wildman–Crippen LogP) is 4.15. The van der Waals surface area contributed by atoms with Gasteiger partial charge in [-0.3, -0.25) is 14.9 Å². The van der Waals surface area contributed by atoms with Gasteiger partial charge in [0.15, 0.2) is 5.78 Å². The van der Waals surface area contributed by atoms with Crippen molar-refractivity contribution in [2.45, 2.75) is 13.5 Å². The van der Waals surface area contributed by atoms with Crippen LogP contribution in [0, 0.1) is 10.1 Å². The van der Waals surface area contributed by atoms with E-state index in [0.29, 0.717) is 10.9 Å². The van der Waals surface area contributed by atoms with Gasteiger partial charge >= 0.3 is 0 Å². The summed E-state index contributed by atoms with van der Waals surface area (Å²) in [6.07, 6.45) is 0. The van der Waals surface area contributed by atoms with Crippen LogP contribution in [0.1, 0.15) is 22.2 Å². The fraction of sp³-hybridized carbons (Fsp3) is 0.214. The fourth-order valence-corrected chi connectivity index (χ4v) is 3.11. The van der Waals surface area contributed by atoms with Crippen LogP contribution in [0.5, 0.6) is 0 Å². The maximum Gasteiger partial charge on any atom is 0.280 e. The first kappa shape index (κ1) is 15.5. The third kappa shape index (κ3) is 3.59. The molecule has 0 bridgehead atoms. The summed E-state index contributed by atoms with van der Waals surface area (Å²) in [7, 11) is 1.86. The van der Waals surface area contributed by atoms with Gasteiger partial charge < -0.3 is 4.90 Å². The molecule has 0 saturated carbocycles. The average Bonchev–Trinajstić information content (AvgIpc) is 2.83. The highest BCUT2D eigenvalue weighted by molar-refractivity contribution is 7.16. The van der Waals surface area contributed by atoms with Crippen molar-refractivity contribution in [3.05, 3.63) is 55.2 Å². The Bertz CT molecular complexity index is 699. The molecule has 2 aromatic rings. The zero-order valence-corrected chi connectivity index (χ0v) is 13.1. The Morgan fingerprint density at radius 2 is 2.10 bits per heavy atom. The van der Waals surface area contributed by atoms with Gasteiger partial charge in [0.05, 0.1) is 21.4 Å². The third-order valence-corrected chi connectivity index (χ3v) is 4.23. The Labute approximate surface area is 130 Å². The first-order chi connectivity index (χ1) is 9.88. The first-order valence-corrected chi connectivity index (χ1v) is 7.32. The SMILES string of the molecule is CC(=O)c1cc(N(C)Cc2ccc(Cl)s2)ccc1[N+](=O)[O-]. The number of Topliss-reactive ketones (excluding diaryl/α,β-unsaturated/α-hetero) is 1. The van der Waals surface area contributed by atoms with E-state index in [1.807, 2.05) is 24.1 Å². The van der Waals surface area contributed by atoms with Gasteiger partial charge in [-0.1, -0.05) is 11.6 Å². The largest absolute Gasteiger partial charge is 0.369 e. The van der Waals surface area contributed by atoms with Crippen LogP contribution in [0.25, 0.3) is 0 Å². The molecule has 0 aliphatic carbocycles. The van der Waals surface area contributed by atoms with E-state index in [2.05, 4.69) is 0 Å². The summed E-state index contributed by atoms with van der Waals surface area (Å²) in [5.74, 6) is -0.323. The van der Waals surface area contributed by atoms with E-state index in [4.69, 9.17) is 11.6 Å². The van der Waals surface area contributed by atoms with Gasteiger partial charge in [-0.2, -0.15) is 0 Å². The fourth-order valence-electron chi connectivity index (χ4n) is 1.96. The second-order valence-corrected chi connectivity index (χ2v) is 6.38. The van der Waals surface area contributed by atoms with E-state index in [9.17, 15) is 14.9 Å². The number of carbonyl (C=O) groups excluding carboxylic acids is 1. The number of ketones is 1. The minimum Gasteiger partial charge on any atom is -0.369 e. The number of nitrogens with zero attached hydrogens (tertiary/aromatic N) is 2. The molecule has 0 atom stereocenters. The number of benzene rings is 1. The highest BCUT2D eigenvalue weighted by Gasteiger charge is 2.18. The number of nitro benzene ring substituents is 1. The zero-order valence-electron chi connectivity index (χ0n) is 11.5. The van der Waals surface area contributed by atoms with Gasteiger partial charge in [-0.15, -0.1) is 11.3 Å². The number of anilines is 1. The van der Waals surface area contributed by atoms with Crippen molar-refractivity contribution in [2.24, 2.45) is 0 Å². The summed E-state index contributed by atoms with van der Waals surface area (Å²) in [4.78, 5) is 24.9. The third-order valence-electron chi connectivity index (χ3n) is 3.02. The number of hydrogen-bond donors (Lipinski definition) is 0. The number of hydrogen-bond acceptors (Lipinski definition) is 5. The summed E-state index contributed by atoms with van der Waals surface area (Å²) >= 11 is 7.37. The van der Waals surface area contributed by atoms with E-state index < -0.39 is 4.92 Å². The number of thiophene rings is 1. The van der Waals surface area contributed by atoms with E-state index in [1.165, 1.54) is 24.3 Å². The van der Waals surface area contributed by atoms with Crippen LogP contribution in [0.3, 0.4) is 0 Å². The van der Waals surface area contributed by atoms with Crippen molar-refractivity contribution in [2.75, 3.05) is 11.9 Å². The molecule has 21 heavy (non-hydrogen) atoms. The molecule has 0 spiro atoms. The maximum atomic E-state index is 11.6. The Hall–Kier alpha value is -1.92. The molecule has 5 nitrogen and oxygen atoms in total. The number of halogens is 1. The maximum absolute atomic E-state index is 11.6. The molecule has 0 aliphatic heterocycles. The Kier molecular flexibility index (Phi) is 4.59. The van der Waals surface area contributed by atoms with Gasteiger partial charge in [0.2, 0.25) is 0 Å². The molecule has 7 heteroatoms. The molecule has 1 aromatic heterocycles. The van der Waals surface area contributed by atoms with Crippen molar-refractivity contribution >= 4 is 40.1 Å². The molecule has 0 radical (unpaired) electrons. The molecule has 0 aliphatic rings. The van der Waals surface area contributed by atoms with Crippen LogP contribution in [0.2, 0.25) is 4.34 Å². The molecular weight excluding hydrogens is 312 g/mol. The lowest BCUT2D eigenvalue weighted by molar-refractivity contribution is -0.385. The minimum atomic E-state index is -0.542. The number of rotatable bonds is 5. The van der Waals surface area contributed by atoms with E-state index in [0.717, 1.165) is 10.6 Å². The number of carbonyl (C=O) groups is 1. The first-order valence-electron chi connectivity index (χ1n) is 6.13. The van der Waals surface area contributed by atoms with Crippen molar-refractivity contribution in [3.8, 4) is 0 Å². The Morgan fingerprint density at radius 3 is 2.62 bits per heavy atom. The molecular formula is C14H13ClN2O3S. The normalized spacial score (nSPS) is 10.4. The van der Waals surface area contributed by atoms with Gasteiger partial charge in [0, 0.05) is 23.7 Å². The molecule has 2 rings (SSSR count). The van der Waals surface area contributed by atoms with Gasteiger partial charge in [-0.25, -0.2) is 0 Å². The zero-order chi connectivity index (χ0) is 15.6. The van der Waals surface area contributed by atoms with Crippen molar-refractivity contribution in [1.82, 2.24) is 0 Å². The van der Waals surface area contributed by atoms with E-state index in [-0.39, 0.29) is 17.0 Å². The molecule has 1 aromatic carbocycles. The summed E-state index contributed by atoms with van der Waals surface area (Å²) in [5.41, 5.74) is 0.697. The van der Waals surface area contributed by atoms with Crippen LogP contribution < -0.4 is 4.90 Å². The molecule has 110 valence electrons. The summed E-state index contributed by atoms with van der Waals surface area (Å²) in [6, 6.07) is 8.31. The topological polar surface area (TPSA) is 63.5 Å². The molecule has 0 saturated heterocycles. The molecule has 1 heterocycles. The van der Waals surface area contributed by atoms with Crippen LogP contribution in [0.4, 0.5) is 11.4 Å². The second kappa shape index (κ2) is 6.24. The highest BCUT2D eigenvalue weighted by Crippen LogP contribution is 2.28. The van der Waals surface area contributed by atoms with Gasteiger partial charge in [0.25, 0.3) is 5.69 Å². The van der Waals surface area contributed by atoms with E-state index >= 15 is 0 Å². The molecule has 0 fully saturated rings. The minimum absolute atomic E-state index is 0.119. The van der Waals surface area contributed by atoms with Crippen molar-refractivity contribution < 1.29 is 9.72 Å². The lowest BCUT2D eigenvalue weighted by atomic mass is 10.1. The van der Waals surface area contributed by atoms with Crippen LogP contribution in [-0.2, 0) is 6.54 Å². The smallest absolute Gasteiger partial charge is 0.280 e. The lowest BCUT2D eigenvalue weighted by Crippen LogP contribution is -2.16. The number of nitro groups is 1. The van der Waals surface area contributed by atoms with E-state index in [1.54, 1.807) is 12.1 Å². The summed E-state index contributed by atoms with van der Waals surface area (Å²) in [5, 5.41) is 10.9. The predicted molar refractivity (Wildman–Crippen MR) is 84.5 cm³/mol. The standard InChI is InChI=1S/C14H13ClN2O3S/c1-9(18)12-7-10(3-5-13(12)17(19)20)16(2)8-11-4-6-14(15)21-11/h3-7H,8H2,1-2H3. The van der Waals surface area contributed by atoms with Gasteiger partial charge in [0.1, 0.15) is 0 Å². The molecule has 0 amide bonds. The Morgan fingerprint density at radius 1 is 1.38 bits per heavy atom. The molecule has 0 N–H and O–H groups in total. The molecule has 0 unspecified atom stereocenters. The summed E-state index contributed by atoms with van der Waals surface area (Å²) in [6.45, 7) is 1.94. The highest BCUT2D eigenvalue weighted by atomic mass is 35.5. The van der Waals surface area contributed by atoms with Crippen LogP contribution in [-0.4, -0.2) is 17.8 Å². The van der Waals surface area contributed by atoms with Crippen LogP contribution >= 0.6 is 22.9 Å². The quantitative estimate of drug-likeness (QED) is 0.471. The average molecular weight is 325 g/mol. The monoisotopic (exact) mass is 324 g/mol. The van der Waals surface area contributed by atoms with Crippen LogP contribution in [0.15, 0.2) is 30.3 Å². The summed E-state index contributed by atoms with van der Waals surface area (Å²) < 4.78 is 0.714.